The minimum absolute atomic E-state index is 0. The molecule has 0 amide bonds. The zero-order chi connectivity index (χ0) is 39.8. The van der Waals surface area contributed by atoms with Crippen molar-refractivity contribution in [3.8, 4) is 50.6 Å². The molecule has 0 spiro atoms. The Labute approximate surface area is 360 Å². The topological polar surface area (TPSA) is 43.9 Å². The zero-order valence-electron chi connectivity index (χ0n) is 33.7. The summed E-state index contributed by atoms with van der Waals surface area (Å²) in [7, 11) is -1.28. The summed E-state index contributed by atoms with van der Waals surface area (Å²) in [6, 6.07) is 63.4. The molecular weight excluding hydrogens is 915 g/mol. The molecule has 0 atom stereocenters. The van der Waals surface area contributed by atoms with Crippen LogP contribution in [0.5, 0.6) is 0 Å². The molecule has 3 heterocycles. The molecule has 0 aliphatic carbocycles. The maximum atomic E-state index is 6.43. The van der Waals surface area contributed by atoms with Gasteiger partial charge in [0.05, 0.1) is 30.5 Å². The van der Waals surface area contributed by atoms with Gasteiger partial charge in [0.2, 0.25) is 0 Å². The van der Waals surface area contributed by atoms with Gasteiger partial charge in [0, 0.05) is 42.9 Å². The maximum absolute atomic E-state index is 6.43. The average molecular weight is 958 g/mol. The first-order valence-corrected chi connectivity index (χ1v) is 23.2. The standard InChI is InChI=1S/C37H23N2O.C16H20NSi.Ir/c1-3-12-25(13-4-1)27-22-23-33(31(24-27)26-14-5-2-6-15-26)39-34-20-9-8-19-32(34)38-37(39)30-18-11-17-29-28-16-7-10-21-35(28)40-36(29)30;1-12-6-8-14(9-7-12)15-10-13(2)16(11-17-15)18(3,4)5;/h1-17,19-24H;6-8,10-11H,1-5H3;/q2*-1;. The van der Waals surface area contributed by atoms with Gasteiger partial charge in [-0.3, -0.25) is 4.98 Å². The van der Waals surface area contributed by atoms with E-state index in [1.807, 2.05) is 36.4 Å². The van der Waals surface area contributed by atoms with Gasteiger partial charge in [0.15, 0.2) is 0 Å². The molecule has 0 saturated carbocycles. The number of imidazole rings is 1. The third-order valence-corrected chi connectivity index (χ3v) is 12.9. The van der Waals surface area contributed by atoms with Crippen molar-refractivity contribution < 1.29 is 24.5 Å². The van der Waals surface area contributed by atoms with E-state index in [-0.39, 0.29) is 20.1 Å². The van der Waals surface area contributed by atoms with E-state index in [2.05, 4.69) is 189 Å². The monoisotopic (exact) mass is 958 g/mol. The molecule has 0 aliphatic rings. The van der Waals surface area contributed by atoms with E-state index in [9.17, 15) is 0 Å². The van der Waals surface area contributed by atoms with Crippen LogP contribution < -0.4 is 5.19 Å². The second-order valence-electron chi connectivity index (χ2n) is 15.8. The van der Waals surface area contributed by atoms with Crippen LogP contribution in [0.25, 0.3) is 83.6 Å². The van der Waals surface area contributed by atoms with Crippen molar-refractivity contribution in [1.82, 2.24) is 14.5 Å². The summed E-state index contributed by atoms with van der Waals surface area (Å²) in [6.07, 6.45) is 2.06. The van der Waals surface area contributed by atoms with Gasteiger partial charge >= 0.3 is 0 Å². The van der Waals surface area contributed by atoms with Gasteiger partial charge in [-0.1, -0.05) is 146 Å². The van der Waals surface area contributed by atoms with Gasteiger partial charge < -0.3 is 14.0 Å². The minimum Gasteiger partial charge on any atom is -0.501 e. The van der Waals surface area contributed by atoms with Crippen molar-refractivity contribution in [3.05, 3.63) is 193 Å². The van der Waals surface area contributed by atoms with Crippen LogP contribution in [0, 0.1) is 26.0 Å². The van der Waals surface area contributed by atoms with E-state index >= 15 is 0 Å². The van der Waals surface area contributed by atoms with Crippen molar-refractivity contribution in [2.75, 3.05) is 0 Å². The molecule has 1 radical (unpaired) electrons. The van der Waals surface area contributed by atoms with E-state index in [4.69, 9.17) is 9.40 Å². The van der Waals surface area contributed by atoms with Crippen molar-refractivity contribution in [2.45, 2.75) is 33.5 Å². The predicted octanol–water partition coefficient (Wildman–Crippen LogP) is 13.4. The number of aromatic nitrogens is 3. The maximum Gasteiger partial charge on any atom is 0.120 e. The number of rotatable bonds is 6. The predicted molar refractivity (Wildman–Crippen MR) is 244 cm³/mol. The Morgan fingerprint density at radius 2 is 1.36 bits per heavy atom. The smallest absolute Gasteiger partial charge is 0.120 e. The average Bonchev–Trinajstić information content (AvgIpc) is 3.83. The summed E-state index contributed by atoms with van der Waals surface area (Å²) in [4.78, 5) is 9.78. The molecule has 7 aromatic carbocycles. The molecule has 59 heavy (non-hydrogen) atoms. The Balaban J connectivity index is 0.000000215. The molecule has 10 rings (SSSR count). The fourth-order valence-corrected chi connectivity index (χ4v) is 9.54. The van der Waals surface area contributed by atoms with Gasteiger partial charge in [-0.25, -0.2) is 0 Å². The Kier molecular flexibility index (Phi) is 11.1. The van der Waals surface area contributed by atoms with Crippen LogP contribution in [-0.4, -0.2) is 22.6 Å². The third kappa shape index (κ3) is 7.87. The number of pyridine rings is 1. The fraction of sp³-hybridized carbons (Fsp3) is 0.0943. The first kappa shape index (κ1) is 39.6. The van der Waals surface area contributed by atoms with Crippen LogP contribution in [0.15, 0.2) is 174 Å². The molecule has 0 aliphatic heterocycles. The fourth-order valence-electron chi connectivity index (χ4n) is 7.83. The Morgan fingerprint density at radius 1 is 0.644 bits per heavy atom. The van der Waals surface area contributed by atoms with Crippen LogP contribution in [-0.2, 0) is 20.1 Å². The number of nitrogens with zero attached hydrogens (tertiary/aromatic N) is 3. The first-order valence-electron chi connectivity index (χ1n) is 19.7. The quantitative estimate of drug-likeness (QED) is 0.123. The van der Waals surface area contributed by atoms with E-state index in [1.54, 1.807) is 0 Å². The normalized spacial score (nSPS) is 11.3. The summed E-state index contributed by atoms with van der Waals surface area (Å²) in [6.45, 7) is 11.3. The SMILES string of the molecule is Cc1c[c-]c(-c2cc(C)c([Si](C)(C)C)cn2)cc1.[Ir].[c-]1ccc2c(oc3ccccc32)c1-c1nc2ccccc2n1-c1ccc(-c2ccccc2)cc1-c1ccccc1. The van der Waals surface area contributed by atoms with E-state index < -0.39 is 8.07 Å². The molecule has 4 nitrogen and oxygen atoms in total. The van der Waals surface area contributed by atoms with Crippen LogP contribution >= 0.6 is 0 Å². The number of hydrogen-bond donors (Lipinski definition) is 0. The molecule has 10 aromatic rings. The van der Waals surface area contributed by atoms with Crippen molar-refractivity contribution in [2.24, 2.45) is 0 Å². The van der Waals surface area contributed by atoms with Gasteiger partial charge in [-0.15, -0.1) is 53.6 Å². The van der Waals surface area contributed by atoms with Gasteiger partial charge in [0.1, 0.15) is 5.58 Å². The summed E-state index contributed by atoms with van der Waals surface area (Å²) in [5, 5.41) is 3.59. The molecule has 0 N–H and O–H groups in total. The van der Waals surface area contributed by atoms with Gasteiger partial charge in [-0.2, -0.15) is 0 Å². The molecule has 291 valence electrons. The van der Waals surface area contributed by atoms with Crippen molar-refractivity contribution in [3.63, 3.8) is 0 Å². The third-order valence-electron chi connectivity index (χ3n) is 10.7. The number of fused-ring (bicyclic) bond motifs is 4. The number of benzene rings is 7. The molecule has 6 heteroatoms. The largest absolute Gasteiger partial charge is 0.501 e. The number of hydrogen-bond acceptors (Lipinski definition) is 3. The van der Waals surface area contributed by atoms with Crippen LogP contribution in [0.1, 0.15) is 11.1 Å². The molecule has 0 fully saturated rings. The number of furan rings is 1. The van der Waals surface area contributed by atoms with Gasteiger partial charge in [0.25, 0.3) is 0 Å². The molecule has 0 unspecified atom stereocenters. The first-order chi connectivity index (χ1) is 28.2. The van der Waals surface area contributed by atoms with Crippen LogP contribution in [0.4, 0.5) is 0 Å². The van der Waals surface area contributed by atoms with E-state index in [1.165, 1.54) is 27.4 Å². The molecule has 0 bridgehead atoms. The zero-order valence-corrected chi connectivity index (χ0v) is 37.1. The van der Waals surface area contributed by atoms with E-state index in [0.29, 0.717) is 0 Å². The van der Waals surface area contributed by atoms with Crippen molar-refractivity contribution >= 4 is 46.2 Å². The molecule has 3 aromatic heterocycles. The minimum atomic E-state index is -1.28. The second kappa shape index (κ2) is 16.6. The molecular formula is C53H43IrN3OSi-2. The molecule has 0 saturated heterocycles. The number of aryl methyl sites for hydroxylation is 2. The second-order valence-corrected chi connectivity index (χ2v) is 20.9. The van der Waals surface area contributed by atoms with Gasteiger partial charge in [-0.05, 0) is 64.8 Å². The van der Waals surface area contributed by atoms with Crippen LogP contribution in [0.2, 0.25) is 19.6 Å². The Bertz CT molecular complexity index is 3050. The Morgan fingerprint density at radius 3 is 2.08 bits per heavy atom. The van der Waals surface area contributed by atoms with Crippen molar-refractivity contribution in [1.29, 1.82) is 0 Å². The Hall–Kier alpha value is -6.17. The summed E-state index contributed by atoms with van der Waals surface area (Å²) < 4.78 is 8.69. The van der Waals surface area contributed by atoms with Crippen LogP contribution in [0.3, 0.4) is 0 Å². The summed E-state index contributed by atoms with van der Waals surface area (Å²) in [5.74, 6) is 0.801. The number of para-hydroxylation sites is 3. The summed E-state index contributed by atoms with van der Waals surface area (Å²) in [5.41, 5.74) is 14.8. The van der Waals surface area contributed by atoms with E-state index in [0.717, 1.165) is 72.4 Å². The summed E-state index contributed by atoms with van der Waals surface area (Å²) >= 11 is 0.